The number of thiophene rings is 1. The first-order valence-electron chi connectivity index (χ1n) is 15.5. The first-order chi connectivity index (χ1) is 19.6. The fourth-order valence-corrected chi connectivity index (χ4v) is 6.62. The zero-order valence-corrected chi connectivity index (χ0v) is 32.3. The van der Waals surface area contributed by atoms with Gasteiger partial charge in [-0.15, -0.1) is 11.3 Å². The van der Waals surface area contributed by atoms with Crippen LogP contribution >= 0.6 is 11.3 Å². The van der Waals surface area contributed by atoms with Gasteiger partial charge in [-0.1, -0.05) is 60.6 Å². The Hall–Kier alpha value is -1.72. The van der Waals surface area contributed by atoms with Crippen molar-refractivity contribution >= 4 is 39.5 Å². The van der Waals surface area contributed by atoms with E-state index in [1.807, 2.05) is 13.8 Å². The summed E-state index contributed by atoms with van der Waals surface area (Å²) in [6, 6.07) is 8.54. The molecule has 0 amide bonds. The fourth-order valence-electron chi connectivity index (χ4n) is 3.90. The Morgan fingerprint density at radius 2 is 1.40 bits per heavy atom. The van der Waals surface area contributed by atoms with Crippen LogP contribution in [0.15, 0.2) is 35.7 Å². The lowest BCUT2D eigenvalue weighted by atomic mass is 9.87. The maximum Gasteiger partial charge on any atom is 0.311 e. The van der Waals surface area contributed by atoms with Gasteiger partial charge >= 0.3 is 5.97 Å². The van der Waals surface area contributed by atoms with Crippen LogP contribution in [0.2, 0.25) is 36.3 Å². The highest BCUT2D eigenvalue weighted by molar-refractivity contribution is 7.10. The predicted molar refractivity (Wildman–Crippen MR) is 188 cm³/mol. The zero-order chi connectivity index (χ0) is 32.9. The van der Waals surface area contributed by atoms with Crippen molar-refractivity contribution in [3.05, 3.63) is 57.3 Å². The molecule has 0 bridgehead atoms. The summed E-state index contributed by atoms with van der Waals surface area (Å²) in [5, 5.41) is 2.47. The summed E-state index contributed by atoms with van der Waals surface area (Å²) in [5.74, 6) is 0.649. The maximum absolute atomic E-state index is 12.1. The zero-order valence-electron chi connectivity index (χ0n) is 29.4. The topological polar surface area (TPSA) is 54.0 Å². The van der Waals surface area contributed by atoms with E-state index in [-0.39, 0.29) is 16.0 Å². The number of carbonyl (C=O) groups is 1. The monoisotopic (exact) mass is 646 g/mol. The van der Waals surface area contributed by atoms with Gasteiger partial charge in [-0.2, -0.15) is 0 Å². The van der Waals surface area contributed by atoms with E-state index in [4.69, 9.17) is 18.3 Å². The lowest BCUT2D eigenvalue weighted by Crippen LogP contribution is -2.41. The van der Waals surface area contributed by atoms with Crippen molar-refractivity contribution in [1.29, 1.82) is 0 Å². The van der Waals surface area contributed by atoms with Crippen LogP contribution in [0, 0.1) is 5.41 Å². The van der Waals surface area contributed by atoms with E-state index in [0.717, 1.165) is 22.6 Å². The van der Waals surface area contributed by atoms with Crippen molar-refractivity contribution in [3.63, 3.8) is 0 Å². The Balaban J connectivity index is 2.23. The second-order valence-electron chi connectivity index (χ2n) is 15.3. The minimum atomic E-state index is -1.93. The minimum Gasteiger partial charge on any atom is -0.488 e. The molecular weight excluding hydrogens is 589 g/mol. The normalized spacial score (nSPS) is 13.8. The maximum atomic E-state index is 12.1. The minimum absolute atomic E-state index is 0.136. The molecular formula is C35H58O5SSi2. The molecule has 5 nitrogen and oxygen atoms in total. The van der Waals surface area contributed by atoms with Crippen LogP contribution in [0.1, 0.15) is 96.7 Å². The average Bonchev–Trinajstić information content (AvgIpc) is 3.37. The lowest BCUT2D eigenvalue weighted by molar-refractivity contribution is -0.150. The molecule has 0 unspecified atom stereocenters. The Morgan fingerprint density at radius 1 is 0.837 bits per heavy atom. The highest BCUT2D eigenvalue weighted by Crippen LogP contribution is 2.39. The smallest absolute Gasteiger partial charge is 0.311 e. The molecule has 242 valence electrons. The Kier molecular flexibility index (Phi) is 12.7. The van der Waals surface area contributed by atoms with Crippen LogP contribution in [0.4, 0.5) is 0 Å². The summed E-state index contributed by atoms with van der Waals surface area (Å²) >= 11 is 1.70. The quantitative estimate of drug-likeness (QED) is 0.151. The number of rotatable bonds is 14. The number of carbonyl (C=O) groups excluding carboxylic acids is 1. The number of methoxy groups -OCH3 is 1. The van der Waals surface area contributed by atoms with Crippen LogP contribution in [-0.4, -0.2) is 29.7 Å². The Morgan fingerprint density at radius 3 is 1.91 bits per heavy atom. The highest BCUT2D eigenvalue weighted by Gasteiger charge is 2.38. The molecule has 1 aromatic carbocycles. The third-order valence-corrected chi connectivity index (χ3v) is 19.2. The van der Waals surface area contributed by atoms with Crippen molar-refractivity contribution in [1.82, 2.24) is 0 Å². The van der Waals surface area contributed by atoms with Gasteiger partial charge in [-0.05, 0) is 109 Å². The first kappa shape index (κ1) is 37.5. The van der Waals surface area contributed by atoms with E-state index >= 15 is 0 Å². The van der Waals surface area contributed by atoms with Gasteiger partial charge in [0.15, 0.2) is 16.6 Å². The number of benzene rings is 1. The number of hydrogen-bond donors (Lipinski definition) is 0. The highest BCUT2D eigenvalue weighted by atomic mass is 32.1. The van der Waals surface area contributed by atoms with Gasteiger partial charge in [0.25, 0.3) is 0 Å². The molecule has 0 saturated heterocycles. The second-order valence-corrected chi connectivity index (χ2v) is 25.9. The van der Waals surface area contributed by atoms with Crippen molar-refractivity contribution in [2.45, 2.75) is 131 Å². The van der Waals surface area contributed by atoms with E-state index in [1.165, 1.54) is 23.8 Å². The van der Waals surface area contributed by atoms with Crippen LogP contribution < -0.4 is 4.74 Å². The molecule has 0 radical (unpaired) electrons. The third-order valence-electron chi connectivity index (χ3n) is 9.35. The SMILES string of the molecule is CCC(=CCC(C)(C)C(=O)OC)c1csc(COc2ccc(CO[Si](C)(C)C(C)(C)C)c(CO[Si](C)(C)C(C)(C)C)c2)c1. The molecule has 2 rings (SSSR count). The van der Waals surface area contributed by atoms with Gasteiger partial charge in [0.1, 0.15) is 12.4 Å². The van der Waals surface area contributed by atoms with Crippen LogP contribution in [0.25, 0.3) is 5.57 Å². The van der Waals surface area contributed by atoms with Crippen LogP contribution in [0.3, 0.4) is 0 Å². The second kappa shape index (κ2) is 14.6. The van der Waals surface area contributed by atoms with E-state index in [9.17, 15) is 4.79 Å². The summed E-state index contributed by atoms with van der Waals surface area (Å²) in [6.07, 6.45) is 3.70. The molecule has 43 heavy (non-hydrogen) atoms. The molecule has 2 aromatic rings. The largest absolute Gasteiger partial charge is 0.488 e. The van der Waals surface area contributed by atoms with Crippen molar-refractivity contribution < 1.29 is 23.1 Å². The van der Waals surface area contributed by atoms with Crippen molar-refractivity contribution in [2.75, 3.05) is 7.11 Å². The molecule has 0 saturated carbocycles. The van der Waals surface area contributed by atoms with E-state index in [0.29, 0.717) is 26.2 Å². The van der Waals surface area contributed by atoms with Gasteiger partial charge in [-0.3, -0.25) is 4.79 Å². The van der Waals surface area contributed by atoms with Gasteiger partial charge in [0, 0.05) is 4.88 Å². The molecule has 0 atom stereocenters. The summed E-state index contributed by atoms with van der Waals surface area (Å²) in [5.41, 5.74) is 4.17. The lowest BCUT2D eigenvalue weighted by Gasteiger charge is -2.37. The van der Waals surface area contributed by atoms with Crippen molar-refractivity contribution in [3.8, 4) is 5.75 Å². The molecule has 0 N–H and O–H groups in total. The molecule has 8 heteroatoms. The molecule has 0 aliphatic carbocycles. The summed E-state index contributed by atoms with van der Waals surface area (Å²) in [4.78, 5) is 13.3. The van der Waals surface area contributed by atoms with Crippen LogP contribution in [-0.2, 0) is 38.2 Å². The summed E-state index contributed by atoms with van der Waals surface area (Å²) in [7, 11) is -2.38. The molecule has 0 spiro atoms. The molecule has 0 fully saturated rings. The predicted octanol–water partition coefficient (Wildman–Crippen LogP) is 10.8. The Bertz CT molecular complexity index is 1250. The molecule has 1 heterocycles. The van der Waals surface area contributed by atoms with Crippen molar-refractivity contribution in [2.24, 2.45) is 5.41 Å². The Labute approximate surface area is 268 Å². The average molecular weight is 647 g/mol. The third kappa shape index (κ3) is 10.4. The standard InChI is InChI=1S/C35H58O5SSi2/c1-15-26(18-19-35(8,9)32(36)37-10)29-21-31(41-25-29)24-38-30-17-16-27(22-39-42(11,12)33(2,3)4)28(20-30)23-40-43(13,14)34(5,6)7/h16-18,20-21,25H,15,19,22-24H2,1-14H3. The van der Waals surface area contributed by atoms with Gasteiger partial charge in [0.2, 0.25) is 0 Å². The van der Waals surface area contributed by atoms with Gasteiger partial charge in [0.05, 0.1) is 25.7 Å². The van der Waals surface area contributed by atoms with Gasteiger partial charge < -0.3 is 18.3 Å². The number of ether oxygens (including phenoxy) is 2. The summed E-state index contributed by atoms with van der Waals surface area (Å²) in [6.45, 7) is 30.4. The van der Waals surface area contributed by atoms with E-state index < -0.39 is 22.0 Å². The van der Waals surface area contributed by atoms with E-state index in [2.05, 4.69) is 110 Å². The fraction of sp³-hybridized carbons (Fsp3) is 0.629. The molecule has 0 aliphatic rings. The van der Waals surface area contributed by atoms with Crippen LogP contribution in [0.5, 0.6) is 5.75 Å². The number of esters is 1. The molecule has 1 aromatic heterocycles. The first-order valence-corrected chi connectivity index (χ1v) is 22.2. The number of hydrogen-bond acceptors (Lipinski definition) is 6. The molecule has 0 aliphatic heterocycles. The van der Waals surface area contributed by atoms with Gasteiger partial charge in [-0.25, -0.2) is 0 Å². The van der Waals surface area contributed by atoms with E-state index in [1.54, 1.807) is 11.3 Å². The summed E-state index contributed by atoms with van der Waals surface area (Å²) < 4.78 is 24.6. The number of allylic oxidation sites excluding steroid dienone is 2.